The highest BCUT2D eigenvalue weighted by atomic mass is 32.1. The molecule has 1 unspecified atom stereocenters. The summed E-state index contributed by atoms with van der Waals surface area (Å²) >= 11 is 1.71. The Bertz CT molecular complexity index is 336. The zero-order valence-corrected chi connectivity index (χ0v) is 11.4. The molecule has 0 saturated carbocycles. The van der Waals surface area contributed by atoms with Crippen molar-refractivity contribution >= 4 is 11.3 Å². The highest BCUT2D eigenvalue weighted by molar-refractivity contribution is 7.09. The highest BCUT2D eigenvalue weighted by Crippen LogP contribution is 2.07. The summed E-state index contributed by atoms with van der Waals surface area (Å²) in [6.45, 7) is 10.1. The van der Waals surface area contributed by atoms with Gasteiger partial charge in [-0.25, -0.2) is 4.98 Å². The molecule has 2 rings (SSSR count). The molecule has 4 nitrogen and oxygen atoms in total. The summed E-state index contributed by atoms with van der Waals surface area (Å²) in [5.74, 6) is 0. The maximum absolute atomic E-state index is 5.34. The molecule has 17 heavy (non-hydrogen) atoms. The quantitative estimate of drug-likeness (QED) is 0.859. The molecule has 0 aliphatic carbocycles. The monoisotopic (exact) mass is 255 g/mol. The first kappa shape index (κ1) is 13.0. The number of aromatic nitrogens is 1. The van der Waals surface area contributed by atoms with Gasteiger partial charge in [0.2, 0.25) is 0 Å². The number of thiazole rings is 1. The van der Waals surface area contributed by atoms with E-state index < -0.39 is 0 Å². The van der Waals surface area contributed by atoms with Gasteiger partial charge in [0.05, 0.1) is 23.9 Å². The third-order valence-electron chi connectivity index (χ3n) is 2.93. The third-order valence-corrected chi connectivity index (χ3v) is 3.76. The molecule has 1 atom stereocenters. The van der Waals surface area contributed by atoms with E-state index in [2.05, 4.69) is 27.5 Å². The third kappa shape index (κ3) is 4.35. The fraction of sp³-hybridized carbons (Fsp3) is 0.750. The number of morpholine rings is 1. The van der Waals surface area contributed by atoms with Gasteiger partial charge in [-0.15, -0.1) is 11.3 Å². The largest absolute Gasteiger partial charge is 0.379 e. The van der Waals surface area contributed by atoms with E-state index in [0.29, 0.717) is 6.04 Å². The Morgan fingerprint density at radius 3 is 2.94 bits per heavy atom. The van der Waals surface area contributed by atoms with Crippen molar-refractivity contribution in [2.24, 2.45) is 0 Å². The maximum Gasteiger partial charge on any atom is 0.0897 e. The summed E-state index contributed by atoms with van der Waals surface area (Å²) in [6, 6.07) is 0.495. The molecule has 1 aromatic heterocycles. The molecule has 1 aromatic rings. The van der Waals surface area contributed by atoms with Crippen molar-refractivity contribution in [1.29, 1.82) is 0 Å². The lowest BCUT2D eigenvalue weighted by atomic mass is 10.3. The molecule has 1 saturated heterocycles. The Kier molecular flexibility index (Phi) is 4.91. The SMILES string of the molecule is Cc1nc(CNC(C)CN2CCOCC2)cs1. The van der Waals surface area contributed by atoms with Crippen LogP contribution in [0.1, 0.15) is 17.6 Å². The van der Waals surface area contributed by atoms with Gasteiger partial charge in [-0.2, -0.15) is 0 Å². The Morgan fingerprint density at radius 2 is 2.29 bits per heavy atom. The summed E-state index contributed by atoms with van der Waals surface area (Å²) in [7, 11) is 0. The average Bonchev–Trinajstić information content (AvgIpc) is 2.74. The average molecular weight is 255 g/mol. The lowest BCUT2D eigenvalue weighted by Crippen LogP contribution is -2.44. The first-order valence-electron chi connectivity index (χ1n) is 6.18. The van der Waals surface area contributed by atoms with Crippen molar-refractivity contribution < 1.29 is 4.74 Å². The van der Waals surface area contributed by atoms with Crippen LogP contribution >= 0.6 is 11.3 Å². The number of nitrogens with zero attached hydrogens (tertiary/aromatic N) is 2. The lowest BCUT2D eigenvalue weighted by Gasteiger charge is -2.29. The fourth-order valence-electron chi connectivity index (χ4n) is 2.00. The fourth-order valence-corrected chi connectivity index (χ4v) is 2.62. The molecule has 1 N–H and O–H groups in total. The molecule has 0 bridgehead atoms. The van der Waals surface area contributed by atoms with Crippen molar-refractivity contribution in [1.82, 2.24) is 15.2 Å². The number of hydrogen-bond donors (Lipinski definition) is 1. The maximum atomic E-state index is 5.34. The van der Waals surface area contributed by atoms with Crippen molar-refractivity contribution in [3.63, 3.8) is 0 Å². The predicted octanol–water partition coefficient (Wildman–Crippen LogP) is 1.26. The summed E-state index contributed by atoms with van der Waals surface area (Å²) in [4.78, 5) is 6.90. The molecule has 2 heterocycles. The summed E-state index contributed by atoms with van der Waals surface area (Å²) < 4.78 is 5.34. The van der Waals surface area contributed by atoms with Crippen LogP contribution in [0.4, 0.5) is 0 Å². The van der Waals surface area contributed by atoms with Crippen LogP contribution in [0.3, 0.4) is 0 Å². The van der Waals surface area contributed by atoms with E-state index in [1.54, 1.807) is 11.3 Å². The van der Waals surface area contributed by atoms with Crippen LogP contribution in [0.25, 0.3) is 0 Å². The minimum absolute atomic E-state index is 0.495. The second kappa shape index (κ2) is 6.44. The molecule has 0 radical (unpaired) electrons. The zero-order valence-electron chi connectivity index (χ0n) is 10.6. The van der Waals surface area contributed by atoms with E-state index >= 15 is 0 Å². The van der Waals surface area contributed by atoms with Crippen LogP contribution < -0.4 is 5.32 Å². The molecule has 0 amide bonds. The molecule has 5 heteroatoms. The number of rotatable bonds is 5. The van der Waals surface area contributed by atoms with Crippen molar-refractivity contribution in [2.75, 3.05) is 32.8 Å². The minimum Gasteiger partial charge on any atom is -0.379 e. The van der Waals surface area contributed by atoms with Gasteiger partial charge in [0.1, 0.15) is 0 Å². The van der Waals surface area contributed by atoms with Crippen molar-refractivity contribution in [2.45, 2.75) is 26.4 Å². The summed E-state index contributed by atoms with van der Waals surface area (Å²) in [6.07, 6.45) is 0. The number of aryl methyl sites for hydroxylation is 1. The second-order valence-electron chi connectivity index (χ2n) is 4.55. The number of hydrogen-bond acceptors (Lipinski definition) is 5. The molecule has 1 aliphatic rings. The van der Waals surface area contributed by atoms with E-state index in [1.807, 2.05) is 6.92 Å². The standard InChI is InChI=1S/C12H21N3OS/c1-10(8-15-3-5-16-6-4-15)13-7-12-9-17-11(2)14-12/h9-10,13H,3-8H2,1-2H3. The van der Waals surface area contributed by atoms with Crippen LogP contribution in [0.15, 0.2) is 5.38 Å². The Balaban J connectivity index is 1.68. The Hall–Kier alpha value is -0.490. The number of ether oxygens (including phenoxy) is 1. The molecule has 0 spiro atoms. The predicted molar refractivity (Wildman–Crippen MR) is 70.4 cm³/mol. The zero-order chi connectivity index (χ0) is 12.1. The van der Waals surface area contributed by atoms with Gasteiger partial charge in [0.25, 0.3) is 0 Å². The van der Waals surface area contributed by atoms with E-state index in [1.165, 1.54) is 0 Å². The molecular formula is C12H21N3OS. The minimum atomic E-state index is 0.495. The molecule has 1 aliphatic heterocycles. The van der Waals surface area contributed by atoms with E-state index in [4.69, 9.17) is 4.74 Å². The molecule has 96 valence electrons. The second-order valence-corrected chi connectivity index (χ2v) is 5.62. The van der Waals surface area contributed by atoms with Crippen LogP contribution in [-0.2, 0) is 11.3 Å². The van der Waals surface area contributed by atoms with Gasteiger partial charge in [-0.1, -0.05) is 0 Å². The molecule has 0 aromatic carbocycles. The van der Waals surface area contributed by atoms with E-state index in [-0.39, 0.29) is 0 Å². The molecule has 1 fully saturated rings. The van der Waals surface area contributed by atoms with Gasteiger partial charge in [0, 0.05) is 37.6 Å². The van der Waals surface area contributed by atoms with Gasteiger partial charge in [-0.3, -0.25) is 4.90 Å². The van der Waals surface area contributed by atoms with Gasteiger partial charge < -0.3 is 10.1 Å². The Labute approximate surface area is 107 Å². The van der Waals surface area contributed by atoms with Crippen LogP contribution in [0.5, 0.6) is 0 Å². The number of nitrogens with one attached hydrogen (secondary N) is 1. The van der Waals surface area contributed by atoms with Gasteiger partial charge in [-0.05, 0) is 13.8 Å². The van der Waals surface area contributed by atoms with Crippen LogP contribution in [0.2, 0.25) is 0 Å². The topological polar surface area (TPSA) is 37.4 Å². The summed E-state index contributed by atoms with van der Waals surface area (Å²) in [5, 5.41) is 6.79. The van der Waals surface area contributed by atoms with Crippen LogP contribution in [-0.4, -0.2) is 48.8 Å². The smallest absolute Gasteiger partial charge is 0.0897 e. The first-order valence-corrected chi connectivity index (χ1v) is 7.06. The van der Waals surface area contributed by atoms with Gasteiger partial charge >= 0.3 is 0 Å². The normalized spacial score (nSPS) is 19.4. The highest BCUT2D eigenvalue weighted by Gasteiger charge is 2.13. The Morgan fingerprint density at radius 1 is 1.53 bits per heavy atom. The van der Waals surface area contributed by atoms with E-state index in [9.17, 15) is 0 Å². The lowest BCUT2D eigenvalue weighted by molar-refractivity contribution is 0.0343. The van der Waals surface area contributed by atoms with Gasteiger partial charge in [0.15, 0.2) is 0 Å². The van der Waals surface area contributed by atoms with Crippen LogP contribution in [0, 0.1) is 6.92 Å². The summed E-state index contributed by atoms with van der Waals surface area (Å²) in [5.41, 5.74) is 1.15. The molecular weight excluding hydrogens is 234 g/mol. The first-order chi connectivity index (χ1) is 8.24. The van der Waals surface area contributed by atoms with Crippen molar-refractivity contribution in [3.8, 4) is 0 Å². The van der Waals surface area contributed by atoms with Crippen molar-refractivity contribution in [3.05, 3.63) is 16.1 Å². The van der Waals surface area contributed by atoms with E-state index in [0.717, 1.165) is 50.1 Å².